The van der Waals surface area contributed by atoms with Gasteiger partial charge in [0.2, 0.25) is 17.6 Å². The highest BCUT2D eigenvalue weighted by atomic mass is 16.5. The summed E-state index contributed by atoms with van der Waals surface area (Å²) >= 11 is 0. The number of carbonyl (C=O) groups excluding carboxylic acids is 2. The van der Waals surface area contributed by atoms with E-state index in [1.165, 1.54) is 0 Å². The molecule has 0 saturated carbocycles. The van der Waals surface area contributed by atoms with Crippen molar-refractivity contribution in [3.8, 4) is 11.5 Å². The summed E-state index contributed by atoms with van der Waals surface area (Å²) in [5.74, 6) is 0.749. The van der Waals surface area contributed by atoms with E-state index < -0.39 is 0 Å². The molecule has 9 heteroatoms. The molecule has 0 spiro atoms. The molecule has 32 heavy (non-hydrogen) atoms. The number of rotatable bonds is 3. The van der Waals surface area contributed by atoms with Gasteiger partial charge in [0.15, 0.2) is 0 Å². The van der Waals surface area contributed by atoms with E-state index in [1.54, 1.807) is 23.5 Å². The number of aryl methyl sites for hydroxylation is 1. The van der Waals surface area contributed by atoms with E-state index in [2.05, 4.69) is 25.4 Å². The van der Waals surface area contributed by atoms with E-state index in [9.17, 15) is 9.59 Å². The first kappa shape index (κ1) is 21.6. The Balaban J connectivity index is 1.48. The van der Waals surface area contributed by atoms with Gasteiger partial charge >= 0.3 is 0 Å². The molecule has 1 aliphatic rings. The van der Waals surface area contributed by atoms with Crippen molar-refractivity contribution in [2.45, 2.75) is 38.5 Å². The molecule has 9 nitrogen and oxygen atoms in total. The maximum absolute atomic E-state index is 13.1. The highest BCUT2D eigenvalue weighted by Gasteiger charge is 2.23. The van der Waals surface area contributed by atoms with Gasteiger partial charge in [0.1, 0.15) is 5.69 Å². The highest BCUT2D eigenvalue weighted by molar-refractivity contribution is 5.94. The quantitative estimate of drug-likeness (QED) is 0.674. The largest absolute Gasteiger partial charge is 0.356 e. The van der Waals surface area contributed by atoms with Crippen LogP contribution >= 0.6 is 0 Å². The molecular formula is C23H26N6O3. The Morgan fingerprint density at radius 1 is 1.22 bits per heavy atom. The maximum Gasteiger partial charge on any atom is 0.253 e. The Kier molecular flexibility index (Phi) is 6.84. The molecule has 2 aromatic heterocycles. The first-order valence-corrected chi connectivity index (χ1v) is 10.8. The van der Waals surface area contributed by atoms with Crippen LogP contribution in [0.4, 0.5) is 0 Å². The number of nitrogens with one attached hydrogen (secondary N) is 1. The lowest BCUT2D eigenvalue weighted by atomic mass is 9.99. The molecular weight excluding hydrogens is 408 g/mol. The van der Waals surface area contributed by atoms with Gasteiger partial charge in [-0.15, -0.1) is 0 Å². The average molecular weight is 435 g/mol. The van der Waals surface area contributed by atoms with Crippen molar-refractivity contribution < 1.29 is 14.1 Å². The molecule has 1 saturated heterocycles. The Hall–Kier alpha value is -3.62. The van der Waals surface area contributed by atoms with Gasteiger partial charge in [-0.1, -0.05) is 22.9 Å². The second kappa shape index (κ2) is 10.1. The van der Waals surface area contributed by atoms with Crippen LogP contribution in [-0.2, 0) is 4.79 Å². The second-order valence-corrected chi connectivity index (χ2v) is 7.94. The van der Waals surface area contributed by atoms with Crippen molar-refractivity contribution in [1.29, 1.82) is 0 Å². The van der Waals surface area contributed by atoms with Gasteiger partial charge in [0.25, 0.3) is 5.91 Å². The lowest BCUT2D eigenvalue weighted by Gasteiger charge is -2.23. The van der Waals surface area contributed by atoms with Crippen LogP contribution in [0.1, 0.15) is 53.4 Å². The van der Waals surface area contributed by atoms with Crippen LogP contribution < -0.4 is 5.32 Å². The van der Waals surface area contributed by atoms with Crippen LogP contribution in [0.3, 0.4) is 0 Å². The summed E-state index contributed by atoms with van der Waals surface area (Å²) in [4.78, 5) is 39.9. The molecule has 1 N–H and O–H groups in total. The predicted molar refractivity (Wildman–Crippen MR) is 117 cm³/mol. The molecule has 1 atom stereocenters. The third kappa shape index (κ3) is 5.35. The third-order valence-electron chi connectivity index (χ3n) is 5.54. The van der Waals surface area contributed by atoms with Gasteiger partial charge < -0.3 is 14.7 Å². The molecule has 1 aliphatic heterocycles. The number of benzene rings is 1. The minimum absolute atomic E-state index is 0.0257. The molecule has 3 aromatic rings. The number of amides is 2. The van der Waals surface area contributed by atoms with E-state index in [-0.39, 0.29) is 24.2 Å². The number of hydrogen-bond acceptors (Lipinski definition) is 7. The van der Waals surface area contributed by atoms with E-state index in [1.807, 2.05) is 31.2 Å². The normalized spacial score (nSPS) is 18.0. The van der Waals surface area contributed by atoms with Crippen LogP contribution in [0.5, 0.6) is 0 Å². The summed E-state index contributed by atoms with van der Waals surface area (Å²) in [6, 6.07) is 7.53. The van der Waals surface area contributed by atoms with Crippen molar-refractivity contribution in [3.05, 3.63) is 59.9 Å². The number of aromatic nitrogens is 4. The molecule has 0 bridgehead atoms. The molecule has 1 aromatic carbocycles. The predicted octanol–water partition coefficient (Wildman–Crippen LogP) is 2.75. The molecule has 2 amide bonds. The van der Waals surface area contributed by atoms with Gasteiger partial charge in [0.05, 0.1) is 6.20 Å². The van der Waals surface area contributed by atoms with Gasteiger partial charge in [0, 0.05) is 49.9 Å². The zero-order chi connectivity index (χ0) is 22.3. The fraction of sp³-hybridized carbons (Fsp3) is 0.391. The first-order valence-electron chi connectivity index (χ1n) is 10.8. The van der Waals surface area contributed by atoms with Crippen molar-refractivity contribution in [2.75, 3.05) is 19.6 Å². The summed E-state index contributed by atoms with van der Waals surface area (Å²) in [7, 11) is 0. The maximum atomic E-state index is 13.1. The summed E-state index contributed by atoms with van der Waals surface area (Å²) in [6.07, 6.45) is 7.23. The zero-order valence-electron chi connectivity index (χ0n) is 18.0. The number of carbonyl (C=O) groups is 2. The molecule has 1 unspecified atom stereocenters. The zero-order valence-corrected chi connectivity index (χ0v) is 18.0. The Morgan fingerprint density at radius 2 is 2.12 bits per heavy atom. The van der Waals surface area contributed by atoms with Gasteiger partial charge in [-0.3, -0.25) is 14.6 Å². The molecule has 3 heterocycles. The van der Waals surface area contributed by atoms with Crippen LogP contribution in [0.15, 0.2) is 47.4 Å². The molecule has 0 radical (unpaired) electrons. The first-order chi connectivity index (χ1) is 15.6. The summed E-state index contributed by atoms with van der Waals surface area (Å²) in [5.41, 5.74) is 2.21. The van der Waals surface area contributed by atoms with Gasteiger partial charge in [-0.05, 0) is 38.3 Å². The SMILES string of the molecule is Cc1cccc(C(=O)N2CCCC(c3nc(-c4cnccn4)no3)CCNC(=O)CC2)c1. The molecule has 4 rings (SSSR count). The van der Waals surface area contributed by atoms with E-state index in [0.29, 0.717) is 49.0 Å². The number of hydrogen-bond donors (Lipinski definition) is 1. The van der Waals surface area contributed by atoms with E-state index in [0.717, 1.165) is 18.4 Å². The standard InChI is InChI=1S/C23H26N6O3/c1-16-4-2-5-18(14-16)23(31)29-12-3-6-17(7-9-26-20(30)8-13-29)22-27-21(28-32-22)19-15-24-10-11-25-19/h2,4-5,10-11,14-15,17H,3,6-9,12-13H2,1H3,(H,26,30). The van der Waals surface area contributed by atoms with Crippen molar-refractivity contribution in [1.82, 2.24) is 30.3 Å². The van der Waals surface area contributed by atoms with Crippen LogP contribution in [0, 0.1) is 6.92 Å². The fourth-order valence-corrected chi connectivity index (χ4v) is 3.83. The summed E-state index contributed by atoms with van der Waals surface area (Å²) in [6.45, 7) is 3.42. The Morgan fingerprint density at radius 3 is 2.94 bits per heavy atom. The van der Waals surface area contributed by atoms with Crippen molar-refractivity contribution in [3.63, 3.8) is 0 Å². The monoisotopic (exact) mass is 434 g/mol. The molecule has 166 valence electrons. The van der Waals surface area contributed by atoms with Crippen LogP contribution in [-0.4, -0.2) is 56.5 Å². The Labute approximate surface area is 186 Å². The van der Waals surface area contributed by atoms with Crippen LogP contribution in [0.25, 0.3) is 11.5 Å². The van der Waals surface area contributed by atoms with Gasteiger partial charge in [-0.25, -0.2) is 4.98 Å². The third-order valence-corrected chi connectivity index (χ3v) is 5.54. The van der Waals surface area contributed by atoms with Crippen LogP contribution in [0.2, 0.25) is 0 Å². The lowest BCUT2D eigenvalue weighted by Crippen LogP contribution is -2.35. The smallest absolute Gasteiger partial charge is 0.253 e. The topological polar surface area (TPSA) is 114 Å². The molecule has 1 fully saturated rings. The summed E-state index contributed by atoms with van der Waals surface area (Å²) in [5, 5.41) is 6.98. The van der Waals surface area contributed by atoms with Crippen molar-refractivity contribution in [2.24, 2.45) is 0 Å². The van der Waals surface area contributed by atoms with Crippen molar-refractivity contribution >= 4 is 11.8 Å². The minimum Gasteiger partial charge on any atom is -0.356 e. The molecule has 0 aliphatic carbocycles. The second-order valence-electron chi connectivity index (χ2n) is 7.94. The lowest BCUT2D eigenvalue weighted by molar-refractivity contribution is -0.121. The average Bonchev–Trinajstić information content (AvgIpc) is 3.29. The van der Waals surface area contributed by atoms with E-state index >= 15 is 0 Å². The Bertz CT molecular complexity index is 1070. The number of nitrogens with zero attached hydrogens (tertiary/aromatic N) is 5. The van der Waals surface area contributed by atoms with Gasteiger partial charge in [-0.2, -0.15) is 4.98 Å². The fourth-order valence-electron chi connectivity index (χ4n) is 3.83. The highest BCUT2D eigenvalue weighted by Crippen LogP contribution is 2.26. The minimum atomic E-state index is -0.0709. The summed E-state index contributed by atoms with van der Waals surface area (Å²) < 4.78 is 5.52. The van der Waals surface area contributed by atoms with E-state index in [4.69, 9.17) is 4.52 Å².